The number of fused-ring (bicyclic) bond motifs is 1. The number of H-pyrrole nitrogens is 1. The molecule has 2 aromatic rings. The van der Waals surface area contributed by atoms with Gasteiger partial charge >= 0.3 is 0 Å². The molecule has 1 aromatic heterocycles. The summed E-state index contributed by atoms with van der Waals surface area (Å²) in [5, 5.41) is 12.5. The fraction of sp³-hybridized carbons (Fsp3) is 0.100. The SMILES string of the molecule is Cc1cccc2c(/C=N/O)c[nH]c12. The molecule has 0 aliphatic heterocycles. The number of para-hydroxylation sites is 1. The second-order valence-corrected chi connectivity index (χ2v) is 2.99. The highest BCUT2D eigenvalue weighted by atomic mass is 16.4. The molecule has 0 saturated heterocycles. The lowest BCUT2D eigenvalue weighted by molar-refractivity contribution is 0.322. The molecule has 1 aromatic carbocycles. The number of rotatable bonds is 1. The number of aromatic nitrogens is 1. The highest BCUT2D eigenvalue weighted by Crippen LogP contribution is 2.19. The summed E-state index contributed by atoms with van der Waals surface area (Å²) in [6.07, 6.45) is 3.26. The van der Waals surface area contributed by atoms with Gasteiger partial charge in [0, 0.05) is 22.7 Å². The van der Waals surface area contributed by atoms with E-state index < -0.39 is 0 Å². The first-order chi connectivity index (χ1) is 6.33. The quantitative estimate of drug-likeness (QED) is 0.389. The van der Waals surface area contributed by atoms with E-state index in [0.29, 0.717) is 0 Å². The first-order valence-corrected chi connectivity index (χ1v) is 4.07. The third-order valence-electron chi connectivity index (χ3n) is 2.15. The molecule has 0 saturated carbocycles. The minimum Gasteiger partial charge on any atom is -0.411 e. The first-order valence-electron chi connectivity index (χ1n) is 4.07. The van der Waals surface area contributed by atoms with Gasteiger partial charge < -0.3 is 10.2 Å². The standard InChI is InChI=1S/C10H10N2O/c1-7-3-2-4-9-8(6-12-13)5-11-10(7)9/h2-6,11,13H,1H3/b12-6+. The van der Waals surface area contributed by atoms with Gasteiger partial charge in [-0.25, -0.2) is 0 Å². The van der Waals surface area contributed by atoms with Crippen LogP contribution in [-0.2, 0) is 0 Å². The van der Waals surface area contributed by atoms with Crippen LogP contribution in [0.3, 0.4) is 0 Å². The van der Waals surface area contributed by atoms with Crippen LogP contribution < -0.4 is 0 Å². The van der Waals surface area contributed by atoms with Crippen molar-refractivity contribution in [1.82, 2.24) is 4.98 Å². The Bertz CT molecular complexity index is 457. The average Bonchev–Trinajstić information content (AvgIpc) is 2.51. The molecule has 0 fully saturated rings. The molecule has 3 nitrogen and oxygen atoms in total. The lowest BCUT2D eigenvalue weighted by Gasteiger charge is -1.94. The zero-order valence-corrected chi connectivity index (χ0v) is 7.28. The van der Waals surface area contributed by atoms with Crippen molar-refractivity contribution in [2.24, 2.45) is 5.16 Å². The van der Waals surface area contributed by atoms with Crippen molar-refractivity contribution in [3.63, 3.8) is 0 Å². The predicted molar refractivity (Wildman–Crippen MR) is 52.4 cm³/mol. The lowest BCUT2D eigenvalue weighted by Crippen LogP contribution is -1.78. The van der Waals surface area contributed by atoms with Gasteiger partial charge in [-0.05, 0) is 12.5 Å². The fourth-order valence-electron chi connectivity index (χ4n) is 1.50. The summed E-state index contributed by atoms with van der Waals surface area (Å²) in [4.78, 5) is 3.14. The lowest BCUT2D eigenvalue weighted by atomic mass is 10.1. The smallest absolute Gasteiger partial charge is 0.0755 e. The van der Waals surface area contributed by atoms with Gasteiger partial charge in [0.2, 0.25) is 0 Å². The molecule has 0 spiro atoms. The minimum atomic E-state index is 0.904. The van der Waals surface area contributed by atoms with E-state index in [1.165, 1.54) is 11.8 Å². The Hall–Kier alpha value is -1.77. The van der Waals surface area contributed by atoms with Crippen molar-refractivity contribution in [2.75, 3.05) is 0 Å². The topological polar surface area (TPSA) is 48.4 Å². The Kier molecular flexibility index (Phi) is 1.77. The van der Waals surface area contributed by atoms with E-state index in [4.69, 9.17) is 5.21 Å². The van der Waals surface area contributed by atoms with Crippen LogP contribution in [0.2, 0.25) is 0 Å². The number of aromatic amines is 1. The second kappa shape index (κ2) is 2.94. The van der Waals surface area contributed by atoms with Crippen LogP contribution in [0.4, 0.5) is 0 Å². The zero-order valence-electron chi connectivity index (χ0n) is 7.28. The molecule has 0 amide bonds. The molecule has 0 atom stereocenters. The molecule has 0 aliphatic rings. The summed E-state index contributed by atoms with van der Waals surface area (Å²) in [6, 6.07) is 6.02. The maximum absolute atomic E-state index is 8.42. The number of oxime groups is 1. The molecule has 2 N–H and O–H groups in total. The van der Waals surface area contributed by atoms with E-state index in [2.05, 4.69) is 10.1 Å². The number of hydrogen-bond donors (Lipinski definition) is 2. The van der Waals surface area contributed by atoms with Gasteiger partial charge in [-0.2, -0.15) is 0 Å². The van der Waals surface area contributed by atoms with Gasteiger partial charge in [0.15, 0.2) is 0 Å². The van der Waals surface area contributed by atoms with E-state index in [-0.39, 0.29) is 0 Å². The molecule has 66 valence electrons. The minimum absolute atomic E-state index is 0.904. The van der Waals surface area contributed by atoms with E-state index in [9.17, 15) is 0 Å². The Morgan fingerprint density at radius 1 is 1.46 bits per heavy atom. The van der Waals surface area contributed by atoms with Gasteiger partial charge in [-0.15, -0.1) is 0 Å². The largest absolute Gasteiger partial charge is 0.411 e. The van der Waals surface area contributed by atoms with Crippen molar-refractivity contribution >= 4 is 17.1 Å². The number of nitrogens with one attached hydrogen (secondary N) is 1. The molecular weight excluding hydrogens is 164 g/mol. The maximum atomic E-state index is 8.42. The van der Waals surface area contributed by atoms with Crippen molar-refractivity contribution in [3.05, 3.63) is 35.5 Å². The van der Waals surface area contributed by atoms with Crippen LogP contribution in [0.25, 0.3) is 10.9 Å². The van der Waals surface area contributed by atoms with Gasteiger partial charge in [0.05, 0.1) is 6.21 Å². The van der Waals surface area contributed by atoms with Gasteiger partial charge in [0.25, 0.3) is 0 Å². The summed E-state index contributed by atoms with van der Waals surface area (Å²) in [5.41, 5.74) is 3.19. The third kappa shape index (κ3) is 1.18. The third-order valence-corrected chi connectivity index (χ3v) is 2.15. The summed E-state index contributed by atoms with van der Waals surface area (Å²) < 4.78 is 0. The highest BCUT2D eigenvalue weighted by Gasteiger charge is 2.02. The van der Waals surface area contributed by atoms with Crippen LogP contribution in [0.15, 0.2) is 29.6 Å². The van der Waals surface area contributed by atoms with Gasteiger partial charge in [-0.1, -0.05) is 23.4 Å². The molecule has 0 unspecified atom stereocenters. The number of hydrogen-bond acceptors (Lipinski definition) is 2. The van der Waals surface area contributed by atoms with Gasteiger partial charge in [-0.3, -0.25) is 0 Å². The van der Waals surface area contributed by atoms with E-state index in [1.807, 2.05) is 31.3 Å². The fourth-order valence-corrected chi connectivity index (χ4v) is 1.50. The van der Waals surface area contributed by atoms with E-state index in [1.54, 1.807) is 0 Å². The summed E-state index contributed by atoms with van der Waals surface area (Å²) in [5.74, 6) is 0. The van der Waals surface area contributed by atoms with Gasteiger partial charge in [0.1, 0.15) is 0 Å². The van der Waals surface area contributed by atoms with Crippen LogP contribution in [0.1, 0.15) is 11.1 Å². The highest BCUT2D eigenvalue weighted by molar-refractivity contribution is 5.99. The van der Waals surface area contributed by atoms with Crippen molar-refractivity contribution in [3.8, 4) is 0 Å². The molecule has 0 bridgehead atoms. The van der Waals surface area contributed by atoms with Crippen LogP contribution >= 0.6 is 0 Å². The second-order valence-electron chi connectivity index (χ2n) is 2.99. The Morgan fingerprint density at radius 3 is 3.08 bits per heavy atom. The zero-order chi connectivity index (χ0) is 9.26. The summed E-state index contributed by atoms with van der Waals surface area (Å²) in [6.45, 7) is 2.04. The van der Waals surface area contributed by atoms with Crippen molar-refractivity contribution in [2.45, 2.75) is 6.92 Å². The molecule has 0 aliphatic carbocycles. The Balaban J connectivity index is 2.75. The molecule has 1 heterocycles. The number of nitrogens with zero attached hydrogens (tertiary/aromatic N) is 1. The first kappa shape index (κ1) is 7.86. The number of aryl methyl sites for hydroxylation is 1. The molecule has 3 heteroatoms. The number of benzene rings is 1. The van der Waals surface area contributed by atoms with Crippen molar-refractivity contribution in [1.29, 1.82) is 0 Å². The maximum Gasteiger partial charge on any atom is 0.0755 e. The van der Waals surface area contributed by atoms with Crippen molar-refractivity contribution < 1.29 is 5.21 Å². The molecular formula is C10H10N2O. The summed E-state index contributed by atoms with van der Waals surface area (Å²) >= 11 is 0. The monoisotopic (exact) mass is 174 g/mol. The van der Waals surface area contributed by atoms with Crippen LogP contribution in [0.5, 0.6) is 0 Å². The van der Waals surface area contributed by atoms with Crippen LogP contribution in [-0.4, -0.2) is 16.4 Å². The molecule has 13 heavy (non-hydrogen) atoms. The van der Waals surface area contributed by atoms with Crippen LogP contribution in [0, 0.1) is 6.92 Å². The molecule has 0 radical (unpaired) electrons. The average molecular weight is 174 g/mol. The summed E-state index contributed by atoms with van der Waals surface area (Å²) in [7, 11) is 0. The Labute approximate surface area is 75.7 Å². The predicted octanol–water partition coefficient (Wildman–Crippen LogP) is 2.28. The molecule has 2 rings (SSSR count). The van der Waals surface area contributed by atoms with E-state index in [0.717, 1.165) is 16.5 Å². The Morgan fingerprint density at radius 2 is 2.31 bits per heavy atom. The van der Waals surface area contributed by atoms with E-state index >= 15 is 0 Å². The normalized spacial score (nSPS) is 11.5.